The molecule has 1 saturated carbocycles. The van der Waals surface area contributed by atoms with Crippen LogP contribution in [0.2, 0.25) is 0 Å². The number of ether oxygens (including phenoxy) is 1. The molecule has 0 aromatic rings. The van der Waals surface area contributed by atoms with E-state index in [0.29, 0.717) is 12.7 Å². The summed E-state index contributed by atoms with van der Waals surface area (Å²) < 4.78 is 5.19. The molecule has 0 N–H and O–H groups in total. The number of terminal acetylenes is 1. The van der Waals surface area contributed by atoms with Crippen molar-refractivity contribution in [3.63, 3.8) is 0 Å². The summed E-state index contributed by atoms with van der Waals surface area (Å²) in [7, 11) is 0. The van der Waals surface area contributed by atoms with Crippen LogP contribution in [-0.2, 0) is 4.74 Å². The summed E-state index contributed by atoms with van der Waals surface area (Å²) in [5, 5.41) is 0. The van der Waals surface area contributed by atoms with Gasteiger partial charge in [-0.15, -0.1) is 6.42 Å². The van der Waals surface area contributed by atoms with Crippen LogP contribution in [0.3, 0.4) is 0 Å². The molecule has 1 aliphatic rings. The van der Waals surface area contributed by atoms with Crippen LogP contribution in [-0.4, -0.2) is 12.7 Å². The molecule has 0 atom stereocenters. The van der Waals surface area contributed by atoms with Gasteiger partial charge in [0.25, 0.3) is 0 Å². The molecule has 0 saturated heterocycles. The largest absolute Gasteiger partial charge is 0.366 e. The van der Waals surface area contributed by atoms with Crippen molar-refractivity contribution in [2.24, 2.45) is 0 Å². The van der Waals surface area contributed by atoms with Crippen molar-refractivity contribution in [2.45, 2.75) is 25.4 Å². The molecule has 44 valence electrons. The first kappa shape index (κ1) is 5.65. The molecule has 1 fully saturated rings. The zero-order chi connectivity index (χ0) is 5.82. The van der Waals surface area contributed by atoms with Crippen LogP contribution in [0.15, 0.2) is 0 Å². The standard InChI is InChI=1S/C7H10O/c1-2-6-8-7-4-3-5-7/h1,7H,3-6H2. The van der Waals surface area contributed by atoms with Gasteiger partial charge >= 0.3 is 0 Å². The van der Waals surface area contributed by atoms with Gasteiger partial charge in [-0.25, -0.2) is 0 Å². The first-order valence-corrected chi connectivity index (χ1v) is 2.98. The molecule has 1 nitrogen and oxygen atoms in total. The van der Waals surface area contributed by atoms with E-state index in [1.807, 2.05) is 0 Å². The summed E-state index contributed by atoms with van der Waals surface area (Å²) in [5.41, 5.74) is 0. The first-order valence-electron chi connectivity index (χ1n) is 2.98. The van der Waals surface area contributed by atoms with Crippen molar-refractivity contribution in [1.82, 2.24) is 0 Å². The lowest BCUT2D eigenvalue weighted by atomic mass is 9.96. The fourth-order valence-electron chi connectivity index (χ4n) is 0.703. The monoisotopic (exact) mass is 110 g/mol. The minimum atomic E-state index is 0.491. The summed E-state index contributed by atoms with van der Waals surface area (Å²) in [5.74, 6) is 2.44. The van der Waals surface area contributed by atoms with Gasteiger partial charge < -0.3 is 4.74 Å². The first-order chi connectivity index (χ1) is 3.93. The van der Waals surface area contributed by atoms with Crippen molar-refractivity contribution in [2.75, 3.05) is 6.61 Å². The highest BCUT2D eigenvalue weighted by Gasteiger charge is 2.16. The lowest BCUT2D eigenvalue weighted by Gasteiger charge is -2.24. The maximum atomic E-state index is 5.19. The molecule has 1 heteroatoms. The average Bonchev–Trinajstić information content (AvgIpc) is 1.63. The van der Waals surface area contributed by atoms with Crippen molar-refractivity contribution in [1.29, 1.82) is 0 Å². The van der Waals surface area contributed by atoms with E-state index >= 15 is 0 Å². The van der Waals surface area contributed by atoms with Crippen LogP contribution >= 0.6 is 0 Å². The van der Waals surface area contributed by atoms with E-state index in [1.54, 1.807) is 0 Å². The van der Waals surface area contributed by atoms with Gasteiger partial charge in [-0.1, -0.05) is 5.92 Å². The van der Waals surface area contributed by atoms with E-state index in [-0.39, 0.29) is 0 Å². The van der Waals surface area contributed by atoms with Crippen LogP contribution < -0.4 is 0 Å². The molecule has 1 aliphatic carbocycles. The van der Waals surface area contributed by atoms with E-state index in [0.717, 1.165) is 0 Å². The van der Waals surface area contributed by atoms with E-state index in [1.165, 1.54) is 19.3 Å². The van der Waals surface area contributed by atoms with Crippen molar-refractivity contribution >= 4 is 0 Å². The highest BCUT2D eigenvalue weighted by Crippen LogP contribution is 2.21. The Labute approximate surface area is 50.0 Å². The van der Waals surface area contributed by atoms with Crippen molar-refractivity contribution in [3.05, 3.63) is 0 Å². The Morgan fingerprint density at radius 3 is 2.75 bits per heavy atom. The Kier molecular flexibility index (Phi) is 1.93. The molecule has 0 bridgehead atoms. The zero-order valence-corrected chi connectivity index (χ0v) is 4.89. The second-order valence-electron chi connectivity index (χ2n) is 2.07. The summed E-state index contributed by atoms with van der Waals surface area (Å²) in [6, 6.07) is 0. The third-order valence-electron chi connectivity index (χ3n) is 1.45. The lowest BCUT2D eigenvalue weighted by molar-refractivity contribution is 0.0217. The molecular formula is C7H10O. The Balaban J connectivity index is 1.95. The van der Waals surface area contributed by atoms with Gasteiger partial charge in [0.15, 0.2) is 0 Å². The lowest BCUT2D eigenvalue weighted by Crippen LogP contribution is -2.21. The summed E-state index contributed by atoms with van der Waals surface area (Å²) >= 11 is 0. The highest BCUT2D eigenvalue weighted by atomic mass is 16.5. The number of rotatable bonds is 2. The second kappa shape index (κ2) is 2.74. The molecule has 0 heterocycles. The fourth-order valence-corrected chi connectivity index (χ4v) is 0.703. The van der Waals surface area contributed by atoms with Crippen LogP contribution in [0.5, 0.6) is 0 Å². The van der Waals surface area contributed by atoms with Crippen LogP contribution in [0, 0.1) is 12.3 Å². The van der Waals surface area contributed by atoms with Crippen molar-refractivity contribution < 1.29 is 4.74 Å². The highest BCUT2D eigenvalue weighted by molar-refractivity contribution is 4.84. The van der Waals surface area contributed by atoms with Gasteiger partial charge in [-0.3, -0.25) is 0 Å². The molecule has 0 amide bonds. The quantitative estimate of drug-likeness (QED) is 0.485. The Hall–Kier alpha value is -0.480. The molecule has 8 heavy (non-hydrogen) atoms. The van der Waals surface area contributed by atoms with Gasteiger partial charge in [0.1, 0.15) is 6.61 Å². The fraction of sp³-hybridized carbons (Fsp3) is 0.714. The minimum Gasteiger partial charge on any atom is -0.366 e. The zero-order valence-electron chi connectivity index (χ0n) is 4.89. The van der Waals surface area contributed by atoms with Crippen LogP contribution in [0.4, 0.5) is 0 Å². The minimum absolute atomic E-state index is 0.491. The normalized spacial score (nSPS) is 19.4. The molecule has 1 rings (SSSR count). The van der Waals surface area contributed by atoms with E-state index < -0.39 is 0 Å². The number of hydrogen-bond acceptors (Lipinski definition) is 1. The summed E-state index contributed by atoms with van der Waals surface area (Å²) in [6.45, 7) is 0.491. The van der Waals surface area contributed by atoms with Gasteiger partial charge in [-0.2, -0.15) is 0 Å². The molecular weight excluding hydrogens is 100 g/mol. The summed E-state index contributed by atoms with van der Waals surface area (Å²) in [6.07, 6.45) is 9.21. The second-order valence-corrected chi connectivity index (χ2v) is 2.07. The summed E-state index contributed by atoms with van der Waals surface area (Å²) in [4.78, 5) is 0. The van der Waals surface area contributed by atoms with Gasteiger partial charge in [0.2, 0.25) is 0 Å². The van der Waals surface area contributed by atoms with Gasteiger partial charge in [0.05, 0.1) is 6.10 Å². The third kappa shape index (κ3) is 1.24. The smallest absolute Gasteiger partial charge is 0.107 e. The SMILES string of the molecule is C#CCOC1CCC1. The average molecular weight is 110 g/mol. The van der Waals surface area contributed by atoms with E-state index in [4.69, 9.17) is 11.2 Å². The molecule has 0 aromatic heterocycles. The van der Waals surface area contributed by atoms with Crippen LogP contribution in [0.1, 0.15) is 19.3 Å². The molecule has 0 spiro atoms. The number of hydrogen-bond donors (Lipinski definition) is 0. The maximum absolute atomic E-state index is 5.19. The van der Waals surface area contributed by atoms with Gasteiger partial charge in [-0.05, 0) is 19.3 Å². The maximum Gasteiger partial charge on any atom is 0.107 e. The van der Waals surface area contributed by atoms with Crippen molar-refractivity contribution in [3.8, 4) is 12.3 Å². The van der Waals surface area contributed by atoms with E-state index in [9.17, 15) is 0 Å². The molecule has 0 aliphatic heterocycles. The molecule has 0 radical (unpaired) electrons. The predicted molar refractivity (Wildman–Crippen MR) is 32.4 cm³/mol. The van der Waals surface area contributed by atoms with E-state index in [2.05, 4.69) is 5.92 Å². The molecule has 0 unspecified atom stereocenters. The van der Waals surface area contributed by atoms with Gasteiger partial charge in [0, 0.05) is 0 Å². The molecule has 0 aromatic carbocycles. The predicted octanol–water partition coefficient (Wildman–Crippen LogP) is 1.19. The Morgan fingerprint density at radius 1 is 1.62 bits per heavy atom. The third-order valence-corrected chi connectivity index (χ3v) is 1.45. The Bertz CT molecular complexity index is 97.4. The Morgan fingerprint density at radius 2 is 2.38 bits per heavy atom. The van der Waals surface area contributed by atoms with Crippen LogP contribution in [0.25, 0.3) is 0 Å². The topological polar surface area (TPSA) is 9.23 Å².